The summed E-state index contributed by atoms with van der Waals surface area (Å²) in [5.74, 6) is -1.14. The molecule has 0 aromatic heterocycles. The van der Waals surface area contributed by atoms with Crippen LogP contribution in [0.2, 0.25) is 0 Å². The van der Waals surface area contributed by atoms with Gasteiger partial charge in [-0.3, -0.25) is 0 Å². The zero-order valence-electron chi connectivity index (χ0n) is 15.8. The minimum Gasteiger partial charge on any atom is -0.476 e. The molecule has 2 aromatic rings. The van der Waals surface area contributed by atoms with Crippen LogP contribution >= 0.6 is 23.5 Å². The van der Waals surface area contributed by atoms with Crippen LogP contribution in [0.15, 0.2) is 63.9 Å². The lowest BCUT2D eigenvalue weighted by Crippen LogP contribution is -2.17. The number of hydrogen-bond donors (Lipinski definition) is 1. The molecule has 0 bridgehead atoms. The van der Waals surface area contributed by atoms with Crippen LogP contribution in [-0.4, -0.2) is 41.9 Å². The van der Waals surface area contributed by atoms with E-state index in [2.05, 4.69) is 15.4 Å². The van der Waals surface area contributed by atoms with Crippen LogP contribution in [-0.2, 0) is 9.63 Å². The average Bonchev–Trinajstić information content (AvgIpc) is 2.69. The van der Waals surface area contributed by atoms with Crippen molar-refractivity contribution in [2.75, 3.05) is 13.4 Å². The Morgan fingerprint density at radius 1 is 1.18 bits per heavy atom. The SMILES string of the molecule is CO/N=C(/C(=O)O)c1ccccc1C(SC)SC=NN=Cc1cccc(C)c1. The van der Waals surface area contributed by atoms with Crippen molar-refractivity contribution < 1.29 is 14.7 Å². The summed E-state index contributed by atoms with van der Waals surface area (Å²) in [4.78, 5) is 16.2. The molecule has 0 saturated carbocycles. The molecule has 2 rings (SSSR count). The van der Waals surface area contributed by atoms with Gasteiger partial charge in [0.05, 0.1) is 16.3 Å². The summed E-state index contributed by atoms with van der Waals surface area (Å²) in [6, 6.07) is 15.2. The van der Waals surface area contributed by atoms with Gasteiger partial charge >= 0.3 is 5.97 Å². The van der Waals surface area contributed by atoms with Gasteiger partial charge in [-0.2, -0.15) is 10.2 Å². The summed E-state index contributed by atoms with van der Waals surface area (Å²) in [6.45, 7) is 2.02. The summed E-state index contributed by atoms with van der Waals surface area (Å²) in [5, 5.41) is 21.3. The largest absolute Gasteiger partial charge is 0.476 e. The van der Waals surface area contributed by atoms with Crippen LogP contribution in [0.25, 0.3) is 0 Å². The number of thioether (sulfide) groups is 2. The first kappa shape index (κ1) is 21.7. The standard InChI is InChI=1S/C20H21N3O3S2/c1-14-7-6-8-15(11-14)12-21-22-13-28-20(27-3)17-10-5-4-9-16(17)18(19(24)25)23-26-2/h4-13,20H,1-3H3,(H,24,25)/b21-12?,22-13?,23-18+. The number of carboxylic acid groups (broad SMARTS) is 1. The number of carboxylic acids is 1. The third kappa shape index (κ3) is 6.24. The van der Waals surface area contributed by atoms with Gasteiger partial charge in [0.2, 0.25) is 0 Å². The fraction of sp³-hybridized carbons (Fsp3) is 0.200. The number of benzene rings is 2. The Kier molecular flexibility index (Phi) is 8.77. The quantitative estimate of drug-likeness (QED) is 0.280. The van der Waals surface area contributed by atoms with E-state index in [1.54, 1.807) is 35.7 Å². The van der Waals surface area contributed by atoms with Gasteiger partial charge in [0.1, 0.15) is 7.11 Å². The lowest BCUT2D eigenvalue weighted by atomic mass is 10.0. The predicted octanol–water partition coefficient (Wildman–Crippen LogP) is 4.59. The van der Waals surface area contributed by atoms with Gasteiger partial charge in [0.15, 0.2) is 5.71 Å². The lowest BCUT2D eigenvalue weighted by molar-refractivity contribution is -0.129. The monoisotopic (exact) mass is 415 g/mol. The van der Waals surface area contributed by atoms with Gasteiger partial charge < -0.3 is 9.94 Å². The van der Waals surface area contributed by atoms with Crippen LogP contribution < -0.4 is 0 Å². The fourth-order valence-electron chi connectivity index (χ4n) is 2.43. The molecule has 0 heterocycles. The van der Waals surface area contributed by atoms with Gasteiger partial charge in [-0.25, -0.2) is 4.79 Å². The maximum absolute atomic E-state index is 11.5. The van der Waals surface area contributed by atoms with Crippen molar-refractivity contribution in [3.63, 3.8) is 0 Å². The molecule has 28 heavy (non-hydrogen) atoms. The van der Waals surface area contributed by atoms with Crippen molar-refractivity contribution in [1.29, 1.82) is 0 Å². The summed E-state index contributed by atoms with van der Waals surface area (Å²) in [6.07, 6.45) is 3.64. The number of hydrogen-bond acceptors (Lipinski definition) is 7. The van der Waals surface area contributed by atoms with E-state index >= 15 is 0 Å². The van der Waals surface area contributed by atoms with E-state index in [4.69, 9.17) is 4.84 Å². The molecule has 6 nitrogen and oxygen atoms in total. The van der Waals surface area contributed by atoms with Crippen molar-refractivity contribution in [2.24, 2.45) is 15.4 Å². The highest BCUT2D eigenvalue weighted by Crippen LogP contribution is 2.38. The first-order valence-electron chi connectivity index (χ1n) is 8.30. The maximum Gasteiger partial charge on any atom is 0.358 e. The molecule has 2 aromatic carbocycles. The van der Waals surface area contributed by atoms with E-state index < -0.39 is 5.97 Å². The van der Waals surface area contributed by atoms with Gasteiger partial charge in [-0.05, 0) is 24.3 Å². The van der Waals surface area contributed by atoms with Crippen LogP contribution in [0.1, 0.15) is 26.8 Å². The smallest absolute Gasteiger partial charge is 0.358 e. The van der Waals surface area contributed by atoms with Gasteiger partial charge in [-0.1, -0.05) is 71.0 Å². The van der Waals surface area contributed by atoms with E-state index in [0.29, 0.717) is 5.56 Å². The fourth-order valence-corrected chi connectivity index (χ4v) is 4.05. The van der Waals surface area contributed by atoms with Gasteiger partial charge in [0, 0.05) is 5.56 Å². The van der Waals surface area contributed by atoms with E-state index in [1.807, 2.05) is 49.6 Å². The first-order valence-corrected chi connectivity index (χ1v) is 10.5. The summed E-state index contributed by atoms with van der Waals surface area (Å²) in [7, 11) is 1.32. The van der Waals surface area contributed by atoms with Crippen molar-refractivity contribution in [3.8, 4) is 0 Å². The van der Waals surface area contributed by atoms with Gasteiger partial charge in [0.25, 0.3) is 0 Å². The second-order valence-corrected chi connectivity index (χ2v) is 7.79. The topological polar surface area (TPSA) is 83.6 Å². The number of rotatable bonds is 9. The molecular formula is C20H21N3O3S2. The molecule has 1 N–H and O–H groups in total. The maximum atomic E-state index is 11.5. The molecule has 1 unspecified atom stereocenters. The number of nitrogens with zero attached hydrogens (tertiary/aromatic N) is 3. The number of aryl methyl sites for hydroxylation is 1. The minimum atomic E-state index is -1.14. The Morgan fingerprint density at radius 3 is 2.64 bits per heavy atom. The van der Waals surface area contributed by atoms with Crippen LogP contribution in [0.5, 0.6) is 0 Å². The van der Waals surface area contributed by atoms with Crippen LogP contribution in [0.4, 0.5) is 0 Å². The average molecular weight is 416 g/mol. The Hall–Kier alpha value is -2.58. The van der Waals surface area contributed by atoms with Crippen molar-refractivity contribution in [1.82, 2.24) is 0 Å². The Morgan fingerprint density at radius 2 is 1.96 bits per heavy atom. The van der Waals surface area contributed by atoms with E-state index in [0.717, 1.165) is 16.7 Å². The van der Waals surface area contributed by atoms with Crippen molar-refractivity contribution in [2.45, 2.75) is 11.5 Å². The van der Waals surface area contributed by atoms with E-state index in [9.17, 15) is 9.90 Å². The van der Waals surface area contributed by atoms with Gasteiger partial charge in [-0.15, -0.1) is 11.8 Å². The Balaban J connectivity index is 2.15. The highest BCUT2D eigenvalue weighted by molar-refractivity contribution is 8.23. The normalized spacial score (nSPS) is 13.2. The molecule has 146 valence electrons. The molecule has 0 radical (unpaired) electrons. The second kappa shape index (κ2) is 11.3. The summed E-state index contributed by atoms with van der Waals surface area (Å²) >= 11 is 3.01. The zero-order chi connectivity index (χ0) is 20.4. The molecule has 8 heteroatoms. The van der Waals surface area contributed by atoms with Crippen molar-refractivity contribution >= 4 is 47.0 Å². The molecule has 0 spiro atoms. The number of oxime groups is 1. The molecule has 0 aliphatic carbocycles. The molecule has 0 saturated heterocycles. The Bertz CT molecular complexity index is 898. The highest BCUT2D eigenvalue weighted by Gasteiger charge is 2.22. The zero-order valence-corrected chi connectivity index (χ0v) is 17.4. The van der Waals surface area contributed by atoms with Crippen LogP contribution in [0, 0.1) is 6.92 Å². The minimum absolute atomic E-state index is 0.0736. The molecule has 0 fully saturated rings. The third-order valence-corrected chi connectivity index (χ3v) is 5.93. The highest BCUT2D eigenvalue weighted by atomic mass is 32.2. The van der Waals surface area contributed by atoms with Crippen LogP contribution in [0.3, 0.4) is 0 Å². The molecular weight excluding hydrogens is 394 g/mol. The lowest BCUT2D eigenvalue weighted by Gasteiger charge is -2.16. The molecule has 1 atom stereocenters. The molecule has 0 aliphatic rings. The molecule has 0 amide bonds. The third-order valence-electron chi connectivity index (χ3n) is 3.62. The van der Waals surface area contributed by atoms with Crippen molar-refractivity contribution in [3.05, 3.63) is 70.8 Å². The van der Waals surface area contributed by atoms with E-state index in [1.165, 1.54) is 18.9 Å². The van der Waals surface area contributed by atoms with E-state index in [-0.39, 0.29) is 10.3 Å². The molecule has 0 aliphatic heterocycles. The first-order chi connectivity index (χ1) is 13.6. The number of aliphatic carboxylic acids is 1. The summed E-state index contributed by atoms with van der Waals surface area (Å²) < 4.78 is -0.0736. The Labute approximate surface area is 172 Å². The number of carbonyl (C=O) groups is 1. The predicted molar refractivity (Wildman–Crippen MR) is 119 cm³/mol. The summed E-state index contributed by atoms with van der Waals surface area (Å²) in [5.41, 5.74) is 5.00. The second-order valence-electron chi connectivity index (χ2n) is 5.60.